The van der Waals surface area contributed by atoms with E-state index in [-0.39, 0.29) is 29.2 Å². The predicted molar refractivity (Wildman–Crippen MR) is 183 cm³/mol. The fraction of sp³-hybridized carbons (Fsp3) is 0.513. The van der Waals surface area contributed by atoms with Gasteiger partial charge in [0.2, 0.25) is 8.32 Å². The van der Waals surface area contributed by atoms with E-state index in [0.29, 0.717) is 23.9 Å². The Morgan fingerprint density at radius 2 is 1.66 bits per heavy atom. The third kappa shape index (κ3) is 3.90. The van der Waals surface area contributed by atoms with Gasteiger partial charge in [-0.1, -0.05) is 70.7 Å². The van der Waals surface area contributed by atoms with Crippen LogP contribution in [0.25, 0.3) is 0 Å². The molecule has 2 saturated carbocycles. The Kier molecular flexibility index (Phi) is 6.72. The first-order chi connectivity index (χ1) is 20.6. The van der Waals surface area contributed by atoms with Crippen molar-refractivity contribution >= 4 is 19.9 Å². The zero-order valence-electron chi connectivity index (χ0n) is 26.5. The van der Waals surface area contributed by atoms with Gasteiger partial charge in [-0.2, -0.15) is 0 Å². The van der Waals surface area contributed by atoms with Crippen molar-refractivity contribution in [1.82, 2.24) is 4.90 Å². The molecule has 2 aliphatic heterocycles. The Balaban J connectivity index is 0.00000312. The molecule has 3 aromatic carbocycles. The van der Waals surface area contributed by atoms with Crippen LogP contribution in [0.2, 0.25) is 18.1 Å². The molecule has 5 unspecified atom stereocenters. The standard InChI is InChI=1S/C38H46N2O2Si.CH4/c1-36(2,3)43(4,5)42-30-17-16-27-22-33-37-19-18-32-34(28(24-37)25-40(32)35(41)26-12-8-6-9-13-26)38(37,31(27)23-30)20-21-39(33)29-14-10-7-11-15-29;/h6-17,23,28,32-34H,18-22,24-25H2,1-5H3;1H4/t28-,32?,33?,34?,37?,38?;/m1./s1. The van der Waals surface area contributed by atoms with Gasteiger partial charge in [0.05, 0.1) is 0 Å². The van der Waals surface area contributed by atoms with Crippen molar-refractivity contribution in [2.45, 2.75) is 95.9 Å². The fourth-order valence-electron chi connectivity index (χ4n) is 10.4. The number of piperidine rings is 1. The number of nitrogens with zero attached hydrogens (tertiary/aromatic N) is 2. The maximum atomic E-state index is 14.0. The van der Waals surface area contributed by atoms with E-state index in [1.54, 1.807) is 5.56 Å². The van der Waals surface area contributed by atoms with E-state index in [4.69, 9.17) is 4.43 Å². The molecule has 0 N–H and O–H groups in total. The van der Waals surface area contributed by atoms with Crippen LogP contribution in [0.5, 0.6) is 5.75 Å². The van der Waals surface area contributed by atoms with E-state index < -0.39 is 8.32 Å². The van der Waals surface area contributed by atoms with Crippen molar-refractivity contribution < 1.29 is 9.22 Å². The number of fused-ring (bicyclic) bond motifs is 1. The largest absolute Gasteiger partial charge is 0.543 e. The highest BCUT2D eigenvalue weighted by molar-refractivity contribution is 6.74. The van der Waals surface area contributed by atoms with Crippen LogP contribution in [0.1, 0.15) is 75.4 Å². The summed E-state index contributed by atoms with van der Waals surface area (Å²) in [6.07, 6.45) is 5.80. The first kappa shape index (κ1) is 29.6. The van der Waals surface area contributed by atoms with Gasteiger partial charge in [0.1, 0.15) is 5.75 Å². The molecule has 3 aliphatic carbocycles. The average Bonchev–Trinajstić information content (AvgIpc) is 3.44. The monoisotopic (exact) mass is 606 g/mol. The molecule has 5 heteroatoms. The van der Waals surface area contributed by atoms with Gasteiger partial charge >= 0.3 is 0 Å². The summed E-state index contributed by atoms with van der Waals surface area (Å²) < 4.78 is 6.98. The van der Waals surface area contributed by atoms with E-state index in [2.05, 4.69) is 92.2 Å². The van der Waals surface area contributed by atoms with Crippen LogP contribution in [-0.2, 0) is 11.8 Å². The molecule has 8 rings (SSSR count). The molecule has 3 aromatic rings. The number of likely N-dealkylation sites (tertiary alicyclic amines) is 1. The van der Waals surface area contributed by atoms with E-state index in [1.807, 2.05) is 30.3 Å². The molecule has 0 radical (unpaired) electrons. The van der Waals surface area contributed by atoms with Crippen molar-refractivity contribution in [1.29, 1.82) is 0 Å². The quantitative estimate of drug-likeness (QED) is 0.279. The molecular formula is C39H50N2O2Si. The molecule has 2 heterocycles. The van der Waals surface area contributed by atoms with E-state index in [1.165, 1.54) is 24.1 Å². The summed E-state index contributed by atoms with van der Waals surface area (Å²) >= 11 is 0. The Hall–Kier alpha value is -3.05. The van der Waals surface area contributed by atoms with Crippen molar-refractivity contribution in [3.05, 3.63) is 95.6 Å². The minimum Gasteiger partial charge on any atom is -0.543 e. The van der Waals surface area contributed by atoms with Crippen molar-refractivity contribution in [2.75, 3.05) is 18.0 Å². The maximum absolute atomic E-state index is 14.0. The molecular weight excluding hydrogens is 557 g/mol. The maximum Gasteiger partial charge on any atom is 0.254 e. The lowest BCUT2D eigenvalue weighted by Gasteiger charge is -2.67. The molecule has 5 aliphatic rings. The summed E-state index contributed by atoms with van der Waals surface area (Å²) in [6.45, 7) is 13.7. The number of anilines is 1. The van der Waals surface area contributed by atoms with Crippen LogP contribution in [0.3, 0.4) is 0 Å². The SMILES string of the molecule is C.CC(C)(C)[Si](C)(C)Oc1ccc2c(c1)C13CCN(c4ccccc4)C(C2)C12CCC1C3[C@@H](CN1C(=O)c1ccccc1)C2. The highest BCUT2D eigenvalue weighted by atomic mass is 28.4. The Bertz CT molecular complexity index is 1570. The van der Waals surface area contributed by atoms with Gasteiger partial charge in [-0.3, -0.25) is 4.79 Å². The lowest BCUT2D eigenvalue weighted by atomic mass is 9.43. The normalized spacial score (nSPS) is 31.6. The molecule has 4 bridgehead atoms. The molecule has 1 amide bonds. The summed E-state index contributed by atoms with van der Waals surface area (Å²) in [5, 5.41) is 0.149. The summed E-state index contributed by atoms with van der Waals surface area (Å²) in [4.78, 5) is 19.1. The first-order valence-electron chi connectivity index (χ1n) is 16.6. The van der Waals surface area contributed by atoms with Gasteiger partial charge in [0.25, 0.3) is 5.91 Å². The highest BCUT2D eigenvalue weighted by Crippen LogP contribution is 2.75. The van der Waals surface area contributed by atoms with E-state index in [0.717, 1.165) is 43.7 Å². The molecule has 0 spiro atoms. The number of rotatable bonds is 4. The van der Waals surface area contributed by atoms with Crippen LogP contribution in [0.4, 0.5) is 5.69 Å². The topological polar surface area (TPSA) is 32.8 Å². The second-order valence-electron chi connectivity index (χ2n) is 15.7. The third-order valence-electron chi connectivity index (χ3n) is 13.0. The molecule has 2 saturated heterocycles. The lowest BCUT2D eigenvalue weighted by Crippen LogP contribution is -2.70. The van der Waals surface area contributed by atoms with Crippen LogP contribution in [0, 0.1) is 17.3 Å². The molecule has 232 valence electrons. The molecule has 4 nitrogen and oxygen atoms in total. The molecule has 6 atom stereocenters. The van der Waals surface area contributed by atoms with Gasteiger partial charge < -0.3 is 14.2 Å². The third-order valence-corrected chi connectivity index (χ3v) is 17.4. The zero-order valence-corrected chi connectivity index (χ0v) is 27.5. The Labute approximate surface area is 265 Å². The van der Waals surface area contributed by atoms with Crippen molar-refractivity contribution in [2.24, 2.45) is 17.3 Å². The van der Waals surface area contributed by atoms with Crippen LogP contribution in [-0.4, -0.2) is 44.3 Å². The van der Waals surface area contributed by atoms with Crippen LogP contribution >= 0.6 is 0 Å². The number of amides is 1. The number of benzene rings is 3. The summed E-state index contributed by atoms with van der Waals surface area (Å²) in [5.41, 5.74) is 5.61. The number of carbonyl (C=O) groups excluding carboxylic acids is 1. The minimum atomic E-state index is -1.98. The average molecular weight is 607 g/mol. The Morgan fingerprint density at radius 1 is 0.955 bits per heavy atom. The van der Waals surface area contributed by atoms with Gasteiger partial charge in [0.15, 0.2) is 0 Å². The van der Waals surface area contributed by atoms with Gasteiger partial charge in [-0.15, -0.1) is 0 Å². The zero-order chi connectivity index (χ0) is 29.8. The molecule has 0 aromatic heterocycles. The number of hydrogen-bond donors (Lipinski definition) is 0. The Morgan fingerprint density at radius 3 is 2.36 bits per heavy atom. The summed E-state index contributed by atoms with van der Waals surface area (Å²) in [5.74, 6) is 2.35. The van der Waals surface area contributed by atoms with E-state index in [9.17, 15) is 4.79 Å². The summed E-state index contributed by atoms with van der Waals surface area (Å²) in [6, 6.07) is 29.1. The van der Waals surface area contributed by atoms with Gasteiger partial charge in [-0.05, 0) is 110 Å². The first-order valence-corrected chi connectivity index (χ1v) is 19.5. The number of carbonyl (C=O) groups is 1. The van der Waals surface area contributed by atoms with Crippen molar-refractivity contribution in [3.8, 4) is 5.75 Å². The van der Waals surface area contributed by atoms with Crippen LogP contribution in [0.15, 0.2) is 78.9 Å². The second-order valence-corrected chi connectivity index (χ2v) is 20.5. The number of para-hydroxylation sites is 1. The smallest absolute Gasteiger partial charge is 0.254 e. The van der Waals surface area contributed by atoms with E-state index >= 15 is 0 Å². The van der Waals surface area contributed by atoms with Gasteiger partial charge in [0, 0.05) is 47.3 Å². The van der Waals surface area contributed by atoms with Crippen molar-refractivity contribution in [3.63, 3.8) is 0 Å². The van der Waals surface area contributed by atoms with Crippen LogP contribution < -0.4 is 9.33 Å². The fourth-order valence-corrected chi connectivity index (χ4v) is 11.4. The highest BCUT2D eigenvalue weighted by Gasteiger charge is 2.76. The molecule has 4 fully saturated rings. The number of hydrogen-bond acceptors (Lipinski definition) is 3. The summed E-state index contributed by atoms with van der Waals surface area (Å²) in [7, 11) is -1.98. The minimum absolute atomic E-state index is 0. The van der Waals surface area contributed by atoms with Gasteiger partial charge in [-0.25, -0.2) is 0 Å². The predicted octanol–water partition coefficient (Wildman–Crippen LogP) is 8.72. The molecule has 44 heavy (non-hydrogen) atoms. The lowest BCUT2D eigenvalue weighted by molar-refractivity contribution is -0.0327. The second kappa shape index (κ2) is 9.97.